The van der Waals surface area contributed by atoms with Crippen LogP contribution in [0.2, 0.25) is 0 Å². The zero-order chi connectivity index (χ0) is 29.8. The first-order chi connectivity index (χ1) is 21.7. The molecular weight excluding hydrogens is 532 g/mol. The number of aryl methyl sites for hydroxylation is 1. The van der Waals surface area contributed by atoms with Crippen LogP contribution >= 0.6 is 0 Å². The van der Waals surface area contributed by atoms with Gasteiger partial charge in [0.05, 0.1) is 11.0 Å². The molecule has 2 heteroatoms. The van der Waals surface area contributed by atoms with Crippen LogP contribution in [0.5, 0.6) is 0 Å². The van der Waals surface area contributed by atoms with Gasteiger partial charge >= 0.3 is 0 Å². The second kappa shape index (κ2) is 10.2. The van der Waals surface area contributed by atoms with Crippen molar-refractivity contribution in [3.8, 4) is 28.2 Å². The quantitative estimate of drug-likeness (QED) is 0.191. The molecule has 0 aliphatic rings. The molecule has 1 heterocycles. The molecule has 0 unspecified atom stereocenters. The van der Waals surface area contributed by atoms with E-state index < -0.39 is 0 Å². The number of para-hydroxylation sites is 1. The molecule has 0 bridgehead atoms. The molecule has 0 saturated heterocycles. The van der Waals surface area contributed by atoms with Crippen LogP contribution in [-0.2, 0) is 0 Å². The van der Waals surface area contributed by atoms with Gasteiger partial charge in [-0.2, -0.15) is 0 Å². The van der Waals surface area contributed by atoms with Crippen molar-refractivity contribution >= 4 is 55.5 Å². The first-order valence-corrected chi connectivity index (χ1v) is 15.0. The summed E-state index contributed by atoms with van der Waals surface area (Å²) >= 11 is 0. The Labute approximate surface area is 256 Å². The average molecular weight is 563 g/mol. The van der Waals surface area contributed by atoms with Crippen LogP contribution in [0.4, 0.5) is 0 Å². The van der Waals surface area contributed by atoms with E-state index in [0.717, 1.165) is 50.0 Å². The maximum atomic E-state index is 5.43. The van der Waals surface area contributed by atoms with E-state index >= 15 is 0 Å². The summed E-state index contributed by atoms with van der Waals surface area (Å²) in [4.78, 5) is 5.43. The van der Waals surface area contributed by atoms with E-state index in [1.165, 1.54) is 38.2 Å². The molecule has 44 heavy (non-hydrogen) atoms. The van der Waals surface area contributed by atoms with Crippen LogP contribution in [0.15, 0.2) is 141 Å². The summed E-state index contributed by atoms with van der Waals surface area (Å²) in [6.45, 7) is 10.7. The third-order valence-corrected chi connectivity index (χ3v) is 8.93. The van der Waals surface area contributed by atoms with E-state index in [9.17, 15) is 0 Å². The number of hydrogen-bond acceptors (Lipinski definition) is 1. The lowest BCUT2D eigenvalue weighted by molar-refractivity contribution is 1.10. The first-order valence-electron chi connectivity index (χ1n) is 15.0. The van der Waals surface area contributed by atoms with Crippen molar-refractivity contribution in [2.45, 2.75) is 6.92 Å². The van der Waals surface area contributed by atoms with Crippen molar-refractivity contribution < 1.29 is 0 Å². The molecule has 8 aromatic rings. The van der Waals surface area contributed by atoms with Gasteiger partial charge in [-0.15, -0.1) is 0 Å². The van der Waals surface area contributed by atoms with E-state index in [-0.39, 0.29) is 0 Å². The van der Waals surface area contributed by atoms with E-state index in [4.69, 9.17) is 4.98 Å². The molecule has 0 aliphatic carbocycles. The summed E-state index contributed by atoms with van der Waals surface area (Å²) in [7, 11) is 0. The topological polar surface area (TPSA) is 17.8 Å². The molecular formula is C42H30N2. The molecule has 2 nitrogen and oxygen atoms in total. The Balaban J connectivity index is 1.49. The van der Waals surface area contributed by atoms with Crippen molar-refractivity contribution in [2.75, 3.05) is 0 Å². The van der Waals surface area contributed by atoms with Gasteiger partial charge in [0, 0.05) is 22.2 Å². The summed E-state index contributed by atoms with van der Waals surface area (Å²) in [6.07, 6.45) is 3.88. The highest BCUT2D eigenvalue weighted by Gasteiger charge is 2.22. The van der Waals surface area contributed by atoms with Crippen LogP contribution in [0, 0.1) is 6.92 Å². The number of benzene rings is 7. The zero-order valence-corrected chi connectivity index (χ0v) is 24.6. The molecule has 0 spiro atoms. The fourth-order valence-corrected chi connectivity index (χ4v) is 6.97. The second-order valence-corrected chi connectivity index (χ2v) is 11.3. The lowest BCUT2D eigenvalue weighted by Crippen LogP contribution is -2.00. The Bertz CT molecular complexity index is 2370. The van der Waals surface area contributed by atoms with Gasteiger partial charge in [0.2, 0.25) is 0 Å². The van der Waals surface area contributed by atoms with E-state index in [0.29, 0.717) is 0 Å². The minimum Gasteiger partial charge on any atom is -0.292 e. The van der Waals surface area contributed by atoms with Gasteiger partial charge in [0.25, 0.3) is 0 Å². The SMILES string of the molecule is C=Cc1c(C=C)c2c(nc(-c3cccc(-c4c5ccccc5c(C)c5ccccc45)c3)n2-c2ccccc2)c2ccccc12. The highest BCUT2D eigenvalue weighted by molar-refractivity contribution is 6.16. The van der Waals surface area contributed by atoms with Crippen molar-refractivity contribution in [1.29, 1.82) is 0 Å². The summed E-state index contributed by atoms with van der Waals surface area (Å²) in [6, 6.07) is 45.3. The van der Waals surface area contributed by atoms with E-state index in [1.54, 1.807) is 0 Å². The van der Waals surface area contributed by atoms with Gasteiger partial charge in [-0.1, -0.05) is 135 Å². The number of imidazole rings is 1. The summed E-state index contributed by atoms with van der Waals surface area (Å²) in [5.41, 5.74) is 9.91. The zero-order valence-electron chi connectivity index (χ0n) is 24.6. The Morgan fingerprint density at radius 2 is 1.09 bits per heavy atom. The lowest BCUT2D eigenvalue weighted by atomic mass is 9.88. The normalized spacial score (nSPS) is 11.5. The fraction of sp³-hybridized carbons (Fsp3) is 0.0238. The van der Waals surface area contributed by atoms with Gasteiger partial charge in [-0.25, -0.2) is 4.98 Å². The van der Waals surface area contributed by atoms with Crippen molar-refractivity contribution in [3.63, 3.8) is 0 Å². The summed E-state index contributed by atoms with van der Waals surface area (Å²) in [5.74, 6) is 0.892. The minimum atomic E-state index is 0.892. The van der Waals surface area contributed by atoms with Crippen LogP contribution in [0.25, 0.3) is 83.7 Å². The molecule has 0 fully saturated rings. The van der Waals surface area contributed by atoms with Crippen molar-refractivity contribution in [2.24, 2.45) is 0 Å². The second-order valence-electron chi connectivity index (χ2n) is 11.3. The number of hydrogen-bond donors (Lipinski definition) is 0. The Hall–Kier alpha value is -5.73. The molecule has 0 radical (unpaired) electrons. The van der Waals surface area contributed by atoms with Gasteiger partial charge in [-0.05, 0) is 74.3 Å². The van der Waals surface area contributed by atoms with Crippen molar-refractivity contribution in [3.05, 3.63) is 157 Å². The van der Waals surface area contributed by atoms with Gasteiger partial charge in [0.15, 0.2) is 0 Å². The molecule has 8 rings (SSSR count). The number of nitrogens with zero attached hydrogens (tertiary/aromatic N) is 2. The molecule has 0 N–H and O–H groups in total. The van der Waals surface area contributed by atoms with E-state index in [1.807, 2.05) is 12.2 Å². The van der Waals surface area contributed by atoms with Crippen LogP contribution in [0.1, 0.15) is 16.7 Å². The van der Waals surface area contributed by atoms with Gasteiger partial charge in [-0.3, -0.25) is 4.57 Å². The van der Waals surface area contributed by atoms with Crippen LogP contribution in [-0.4, -0.2) is 9.55 Å². The predicted molar refractivity (Wildman–Crippen MR) is 189 cm³/mol. The Morgan fingerprint density at radius 3 is 1.73 bits per heavy atom. The summed E-state index contributed by atoms with van der Waals surface area (Å²) in [5, 5.41) is 7.30. The number of rotatable bonds is 5. The number of aromatic nitrogens is 2. The smallest absolute Gasteiger partial charge is 0.145 e. The Kier molecular flexibility index (Phi) is 6.02. The van der Waals surface area contributed by atoms with Gasteiger partial charge < -0.3 is 0 Å². The third kappa shape index (κ3) is 3.78. The fourth-order valence-electron chi connectivity index (χ4n) is 6.97. The molecule has 0 aliphatic heterocycles. The third-order valence-electron chi connectivity index (χ3n) is 8.93. The predicted octanol–water partition coefficient (Wildman–Crippen LogP) is 11.4. The Morgan fingerprint density at radius 1 is 0.545 bits per heavy atom. The van der Waals surface area contributed by atoms with Gasteiger partial charge in [0.1, 0.15) is 5.82 Å². The molecule has 0 saturated carbocycles. The minimum absolute atomic E-state index is 0.892. The molecule has 7 aromatic carbocycles. The maximum Gasteiger partial charge on any atom is 0.145 e. The van der Waals surface area contributed by atoms with E-state index in [2.05, 4.69) is 152 Å². The lowest BCUT2D eigenvalue weighted by Gasteiger charge is -2.16. The van der Waals surface area contributed by atoms with Crippen molar-refractivity contribution in [1.82, 2.24) is 9.55 Å². The van der Waals surface area contributed by atoms with Crippen LogP contribution < -0.4 is 0 Å². The monoisotopic (exact) mass is 562 g/mol. The largest absolute Gasteiger partial charge is 0.292 e. The standard InChI is InChI=1S/C42H30N2/c1-4-31-32(5-2)41-40(38-25-14-11-22-35(31)38)43-42(44(41)30-18-7-6-8-19-30)29-17-15-16-28(26-29)39-36-23-12-9-20-33(36)27(3)34-21-10-13-24-37(34)39/h4-26H,1-2H2,3H3. The molecule has 0 amide bonds. The average Bonchev–Trinajstić information content (AvgIpc) is 3.49. The maximum absolute atomic E-state index is 5.43. The summed E-state index contributed by atoms with van der Waals surface area (Å²) < 4.78 is 2.29. The number of fused-ring (bicyclic) bond motifs is 5. The molecule has 0 atom stereocenters. The molecule has 208 valence electrons. The first kappa shape index (κ1) is 25.9. The van der Waals surface area contributed by atoms with Crippen LogP contribution in [0.3, 0.4) is 0 Å². The molecule has 1 aromatic heterocycles. The highest BCUT2D eigenvalue weighted by atomic mass is 15.1. The highest BCUT2D eigenvalue weighted by Crippen LogP contribution is 2.42.